The molecule has 3 aromatic rings. The molecule has 8 rings (SSSR count). The van der Waals surface area contributed by atoms with Crippen molar-refractivity contribution in [1.82, 2.24) is 30.4 Å². The molecular formula is C46H60ClN7O9S. The lowest BCUT2D eigenvalue weighted by molar-refractivity contribution is -0.146. The van der Waals surface area contributed by atoms with Gasteiger partial charge in [0.2, 0.25) is 11.8 Å². The van der Waals surface area contributed by atoms with Gasteiger partial charge in [0.15, 0.2) is 5.13 Å². The Bertz CT molecular complexity index is 2260. The Morgan fingerprint density at radius 1 is 1.03 bits per heavy atom. The average Bonchev–Trinajstić information content (AvgIpc) is 3.46. The molecule has 4 fully saturated rings. The molecule has 2 saturated carbocycles. The van der Waals surface area contributed by atoms with Gasteiger partial charge in [0.1, 0.15) is 58.7 Å². The second-order valence-electron chi connectivity index (χ2n) is 19.1. The number of hydrogen-bond donors (Lipinski definition) is 4. The van der Waals surface area contributed by atoms with Gasteiger partial charge in [-0.15, -0.1) is 11.3 Å². The third kappa shape index (κ3) is 9.77. The predicted octanol–water partition coefficient (Wildman–Crippen LogP) is 6.37. The number of nitrogens with zero attached hydrogens (tertiary/aromatic N) is 4. The highest BCUT2D eigenvalue weighted by Crippen LogP contribution is 2.47. The maximum atomic E-state index is 14.9. The largest absolute Gasteiger partial charge is 0.491 e. The summed E-state index contributed by atoms with van der Waals surface area (Å²) in [6.45, 7) is 15.5. The summed E-state index contributed by atoms with van der Waals surface area (Å²) in [5, 5.41) is 22.7. The molecule has 0 bridgehead atoms. The van der Waals surface area contributed by atoms with E-state index in [9.17, 15) is 24.3 Å². The monoisotopic (exact) mass is 921 g/mol. The van der Waals surface area contributed by atoms with Crippen LogP contribution in [0.2, 0.25) is 5.02 Å². The third-order valence-corrected chi connectivity index (χ3v) is 14.3. The van der Waals surface area contributed by atoms with E-state index in [0.717, 1.165) is 31.1 Å². The second-order valence-corrected chi connectivity index (χ2v) is 20.4. The van der Waals surface area contributed by atoms with Gasteiger partial charge >= 0.3 is 12.1 Å². The molecule has 16 nitrogen and oxygen atoms in total. The van der Waals surface area contributed by atoms with Crippen LogP contribution in [0.5, 0.6) is 11.5 Å². The van der Waals surface area contributed by atoms with E-state index in [2.05, 4.69) is 33.0 Å². The number of amides is 3. The Balaban J connectivity index is 1.09. The lowest BCUT2D eigenvalue weighted by atomic mass is 9.85. The van der Waals surface area contributed by atoms with Gasteiger partial charge in [-0.05, 0) is 68.4 Å². The molecule has 4 N–H and O–H groups in total. The summed E-state index contributed by atoms with van der Waals surface area (Å²) < 4.78 is 24.4. The van der Waals surface area contributed by atoms with Crippen LogP contribution in [-0.2, 0) is 23.9 Å². The van der Waals surface area contributed by atoms with Crippen LogP contribution in [0.25, 0.3) is 22.3 Å². The molecule has 0 radical (unpaired) electrons. The fraction of sp³-hybridized carbons (Fsp3) is 0.609. The van der Waals surface area contributed by atoms with Crippen molar-refractivity contribution in [2.45, 2.75) is 110 Å². The van der Waals surface area contributed by atoms with Gasteiger partial charge in [-0.2, -0.15) is 0 Å². The van der Waals surface area contributed by atoms with Gasteiger partial charge in [-0.3, -0.25) is 14.5 Å². The summed E-state index contributed by atoms with van der Waals surface area (Å²) in [4.78, 5) is 68.7. The molecule has 4 heterocycles. The molecule has 64 heavy (non-hydrogen) atoms. The smallest absolute Gasteiger partial charge is 0.408 e. The van der Waals surface area contributed by atoms with Gasteiger partial charge in [0, 0.05) is 48.9 Å². The van der Waals surface area contributed by atoms with Crippen LogP contribution >= 0.6 is 22.9 Å². The maximum Gasteiger partial charge on any atom is 0.408 e. The summed E-state index contributed by atoms with van der Waals surface area (Å²) in [6.07, 6.45) is 4.92. The zero-order chi connectivity index (χ0) is 45.5. The summed E-state index contributed by atoms with van der Waals surface area (Å²) >= 11 is 8.56. The number of morpholine rings is 1. The van der Waals surface area contributed by atoms with Crippen LogP contribution in [0, 0.1) is 23.2 Å². The van der Waals surface area contributed by atoms with Crippen LogP contribution < -0.4 is 25.4 Å². The van der Waals surface area contributed by atoms with Crippen LogP contribution in [0.4, 0.5) is 9.93 Å². The van der Waals surface area contributed by atoms with E-state index in [1.54, 1.807) is 12.1 Å². The maximum absolute atomic E-state index is 14.9. The fourth-order valence-corrected chi connectivity index (χ4v) is 10.5. The molecule has 346 valence electrons. The number of carbonyl (C=O) groups is 4. The number of allylic oxidation sites excluding steroid dienone is 2. The van der Waals surface area contributed by atoms with Gasteiger partial charge in [-0.25, -0.2) is 19.6 Å². The molecule has 1 aromatic carbocycles. The summed E-state index contributed by atoms with van der Waals surface area (Å²) in [7, 11) is 0. The summed E-state index contributed by atoms with van der Waals surface area (Å²) in [5.41, 5.74) is -0.714. The fourth-order valence-electron chi connectivity index (χ4n) is 9.36. The molecule has 2 aromatic heterocycles. The highest BCUT2D eigenvalue weighted by molar-refractivity contribution is 7.14. The Kier molecular flexibility index (Phi) is 13.4. The number of fused-ring (bicyclic) bond motifs is 2. The average molecular weight is 923 g/mol. The SMILES string of the molecule is CC[C@@H]1C[C@]1(NC(=O)[C@@H]1C[C@@H](Oc2cc(-c3csc(NC(C)C)n3)nc3c(Cl)c(OCCN4CCOCC4)ccc23)CN1C(=O)[C@@H](NC(=O)O[C@H]1C[C@H]2C=C[C@H]2C1)C(C)(C)C)C(=O)O. The number of rotatable bonds is 16. The molecule has 2 aliphatic heterocycles. The van der Waals surface area contributed by atoms with E-state index in [0.29, 0.717) is 83.4 Å². The van der Waals surface area contributed by atoms with E-state index < -0.39 is 53.0 Å². The summed E-state index contributed by atoms with van der Waals surface area (Å²) in [6, 6.07) is 3.35. The van der Waals surface area contributed by atoms with Gasteiger partial charge in [-0.1, -0.05) is 57.9 Å². The number of alkyl carbamates (subject to hydrolysis) is 1. The first-order valence-corrected chi connectivity index (χ1v) is 23.7. The highest BCUT2D eigenvalue weighted by Gasteiger charge is 2.61. The standard InChI is InChI=1S/C46H60ClN7O9S/c1-7-28-22-46(28,42(57)58)52-40(55)34-20-30(23-54(34)41(56)39(45(4,5)6)51-44(59)63-29-18-26-8-9-27(26)19-29)62-36-21-32(33-24-64-43(50-33)48-25(2)3)49-38-31(36)10-11-35(37(38)47)61-17-14-53-12-15-60-16-13-53/h8-11,21,24-30,34,39H,7,12-20,22-23H2,1-6H3,(H,48,50)(H,51,59)(H,52,55)(H,57,58)/t26-,27+,28-,29+,30-,34+,39-,46-/m1/s1. The molecular weight excluding hydrogens is 862 g/mol. The first-order chi connectivity index (χ1) is 30.5. The Morgan fingerprint density at radius 2 is 1.77 bits per heavy atom. The van der Waals surface area contributed by atoms with Crippen LogP contribution in [0.15, 0.2) is 35.7 Å². The van der Waals surface area contributed by atoms with Crippen molar-refractivity contribution in [2.24, 2.45) is 23.2 Å². The normalized spacial score (nSPS) is 26.8. The third-order valence-electron chi connectivity index (χ3n) is 13.1. The van der Waals surface area contributed by atoms with E-state index in [1.165, 1.54) is 16.2 Å². The first kappa shape index (κ1) is 45.8. The lowest BCUT2D eigenvalue weighted by Gasteiger charge is -2.35. The van der Waals surface area contributed by atoms with Crippen molar-refractivity contribution in [3.05, 3.63) is 40.8 Å². The van der Waals surface area contributed by atoms with Crippen LogP contribution in [-0.4, -0.2) is 131 Å². The first-order valence-electron chi connectivity index (χ1n) is 22.5. The van der Waals surface area contributed by atoms with Crippen molar-refractivity contribution in [3.8, 4) is 22.9 Å². The number of likely N-dealkylation sites (tertiary alicyclic amines) is 1. The van der Waals surface area contributed by atoms with E-state index >= 15 is 0 Å². The summed E-state index contributed by atoms with van der Waals surface area (Å²) in [5.74, 6) is -0.806. The van der Waals surface area contributed by atoms with Crippen molar-refractivity contribution in [1.29, 1.82) is 0 Å². The molecule has 2 saturated heterocycles. The molecule has 18 heteroatoms. The Labute approximate surface area is 382 Å². The highest BCUT2D eigenvalue weighted by atomic mass is 35.5. The minimum absolute atomic E-state index is 0.0378. The topological polar surface area (TPSA) is 194 Å². The number of ether oxygens (including phenoxy) is 4. The van der Waals surface area contributed by atoms with Crippen LogP contribution in [0.3, 0.4) is 0 Å². The number of aliphatic carboxylic acids is 1. The number of carbonyl (C=O) groups excluding carboxylic acids is 3. The Hall–Kier alpha value is -4.71. The van der Waals surface area contributed by atoms with Crippen molar-refractivity contribution >= 4 is 62.8 Å². The molecule has 3 amide bonds. The predicted molar refractivity (Wildman–Crippen MR) is 243 cm³/mol. The number of nitrogens with one attached hydrogen (secondary N) is 3. The number of halogens is 1. The second kappa shape index (κ2) is 18.6. The minimum Gasteiger partial charge on any atom is -0.491 e. The number of aromatic nitrogens is 2. The van der Waals surface area contributed by atoms with E-state index in [1.807, 2.05) is 53.0 Å². The van der Waals surface area contributed by atoms with E-state index in [4.69, 9.17) is 40.5 Å². The number of benzene rings is 1. The molecule has 5 aliphatic rings. The van der Waals surface area contributed by atoms with Crippen molar-refractivity contribution < 1.29 is 43.2 Å². The van der Waals surface area contributed by atoms with E-state index in [-0.39, 0.29) is 37.5 Å². The quantitative estimate of drug-likeness (QED) is 0.116. The van der Waals surface area contributed by atoms with Crippen molar-refractivity contribution in [2.75, 3.05) is 51.3 Å². The number of carboxylic acid groups (broad SMARTS) is 1. The zero-order valence-corrected chi connectivity index (χ0v) is 38.9. The molecule has 0 spiro atoms. The van der Waals surface area contributed by atoms with Crippen molar-refractivity contribution in [3.63, 3.8) is 0 Å². The molecule has 3 aliphatic carbocycles. The Morgan fingerprint density at radius 3 is 2.41 bits per heavy atom. The number of pyridine rings is 1. The molecule has 8 atom stereocenters. The molecule has 0 unspecified atom stereocenters. The lowest BCUT2D eigenvalue weighted by Crippen LogP contribution is -2.59. The van der Waals surface area contributed by atoms with Gasteiger partial charge in [0.25, 0.3) is 0 Å². The van der Waals surface area contributed by atoms with Gasteiger partial charge in [0.05, 0.1) is 31.0 Å². The van der Waals surface area contributed by atoms with Gasteiger partial charge < -0.3 is 44.9 Å². The van der Waals surface area contributed by atoms with Crippen LogP contribution in [0.1, 0.15) is 73.6 Å². The minimum atomic E-state index is -1.42. The number of carboxylic acids is 1. The zero-order valence-electron chi connectivity index (χ0n) is 37.4. The number of thiazole rings is 1. The number of anilines is 1. The number of hydrogen-bond acceptors (Lipinski definition) is 13.